The molecule has 1 aliphatic heterocycles. The number of carbonyl (C=O) groups is 2. The highest BCUT2D eigenvalue weighted by atomic mass is 32.1. The van der Waals surface area contributed by atoms with E-state index in [-0.39, 0.29) is 23.8 Å². The van der Waals surface area contributed by atoms with Gasteiger partial charge in [0.25, 0.3) is 0 Å². The van der Waals surface area contributed by atoms with E-state index in [0.29, 0.717) is 37.7 Å². The molecule has 1 aromatic carbocycles. The van der Waals surface area contributed by atoms with E-state index in [1.165, 1.54) is 31.4 Å². The summed E-state index contributed by atoms with van der Waals surface area (Å²) in [6.07, 6.45) is 1.94. The van der Waals surface area contributed by atoms with Gasteiger partial charge >= 0.3 is 6.09 Å². The van der Waals surface area contributed by atoms with E-state index < -0.39 is 11.4 Å². The Hall–Kier alpha value is -2.72. The maximum absolute atomic E-state index is 13.9. The lowest BCUT2D eigenvalue weighted by Crippen LogP contribution is -2.56. The third kappa shape index (κ3) is 7.13. The molecular formula is C23H31FN4O4S. The molecular weight excluding hydrogens is 447 g/mol. The molecule has 10 heteroatoms. The van der Waals surface area contributed by atoms with Gasteiger partial charge in [-0.25, -0.2) is 14.2 Å². The number of methoxy groups -OCH3 is 1. The van der Waals surface area contributed by atoms with Crippen LogP contribution in [-0.2, 0) is 22.5 Å². The fourth-order valence-electron chi connectivity index (χ4n) is 3.71. The monoisotopic (exact) mass is 478 g/mol. The van der Waals surface area contributed by atoms with Gasteiger partial charge in [0.2, 0.25) is 5.91 Å². The number of piperazine rings is 1. The number of rotatable bonds is 6. The summed E-state index contributed by atoms with van der Waals surface area (Å²) in [5, 5.41) is 3.27. The number of anilines is 1. The molecule has 1 atom stereocenters. The summed E-state index contributed by atoms with van der Waals surface area (Å²) < 4.78 is 24.6. The topological polar surface area (TPSA) is 84.0 Å². The van der Waals surface area contributed by atoms with Crippen LogP contribution in [0.15, 0.2) is 24.4 Å². The summed E-state index contributed by atoms with van der Waals surface area (Å²) in [6, 6.07) is 4.61. The fraction of sp³-hybridized carbons (Fsp3) is 0.522. The van der Waals surface area contributed by atoms with E-state index >= 15 is 0 Å². The van der Waals surface area contributed by atoms with Gasteiger partial charge in [-0.15, -0.1) is 11.3 Å². The molecule has 3 rings (SSSR count). The predicted octanol–water partition coefficient (Wildman–Crippen LogP) is 3.91. The summed E-state index contributed by atoms with van der Waals surface area (Å²) in [5.41, 5.74) is 0.278. The first-order valence-corrected chi connectivity index (χ1v) is 11.6. The quantitative estimate of drug-likeness (QED) is 0.678. The summed E-state index contributed by atoms with van der Waals surface area (Å²) in [5.74, 6) is -0.397. The highest BCUT2D eigenvalue weighted by Gasteiger charge is 2.33. The zero-order valence-corrected chi connectivity index (χ0v) is 20.5. The lowest BCUT2D eigenvalue weighted by Gasteiger charge is -2.41. The van der Waals surface area contributed by atoms with Gasteiger partial charge in [-0.05, 0) is 44.9 Å². The van der Waals surface area contributed by atoms with Crippen molar-refractivity contribution in [2.75, 3.05) is 32.1 Å². The van der Waals surface area contributed by atoms with Crippen molar-refractivity contribution in [2.45, 2.75) is 52.3 Å². The second kappa shape index (κ2) is 10.5. The Morgan fingerprint density at radius 1 is 1.30 bits per heavy atom. The molecule has 2 aromatic rings. The molecule has 33 heavy (non-hydrogen) atoms. The molecule has 0 aliphatic carbocycles. The molecule has 1 N–H and O–H groups in total. The normalized spacial score (nSPS) is 17.0. The standard InChI is InChI=1S/C23H31FN4O4S/c1-15(29)26-21-25-12-18(33-21)14-27-8-9-28(22(30)32-23(2,3)4)17(13-27)10-16-6-7-19(24)20(11-16)31-5/h6-7,11-12,17H,8-10,13-14H2,1-5H3,(H,25,26,29). The van der Waals surface area contributed by atoms with Gasteiger partial charge in [0.15, 0.2) is 16.7 Å². The van der Waals surface area contributed by atoms with Crippen LogP contribution in [0.25, 0.3) is 0 Å². The number of nitrogens with one attached hydrogen (secondary N) is 1. The van der Waals surface area contributed by atoms with Crippen LogP contribution < -0.4 is 10.1 Å². The number of amides is 2. The molecule has 1 aliphatic rings. The minimum atomic E-state index is -0.597. The van der Waals surface area contributed by atoms with E-state index in [4.69, 9.17) is 9.47 Å². The molecule has 2 heterocycles. The first kappa shape index (κ1) is 24.9. The number of nitrogens with zero attached hydrogens (tertiary/aromatic N) is 3. The summed E-state index contributed by atoms with van der Waals surface area (Å²) in [6.45, 7) is 9.44. The average molecular weight is 479 g/mol. The third-order valence-electron chi connectivity index (χ3n) is 5.10. The van der Waals surface area contributed by atoms with Crippen LogP contribution >= 0.6 is 11.3 Å². The number of benzene rings is 1. The summed E-state index contributed by atoms with van der Waals surface area (Å²) in [7, 11) is 1.43. The van der Waals surface area contributed by atoms with Gasteiger partial charge in [-0.3, -0.25) is 9.69 Å². The molecule has 0 spiro atoms. The van der Waals surface area contributed by atoms with Crippen molar-refractivity contribution < 1.29 is 23.5 Å². The summed E-state index contributed by atoms with van der Waals surface area (Å²) in [4.78, 5) is 33.4. The number of hydrogen-bond donors (Lipinski definition) is 1. The number of carbonyl (C=O) groups excluding carboxylic acids is 2. The molecule has 1 unspecified atom stereocenters. The number of thiazole rings is 1. The largest absolute Gasteiger partial charge is 0.494 e. The lowest BCUT2D eigenvalue weighted by molar-refractivity contribution is -0.114. The van der Waals surface area contributed by atoms with Crippen LogP contribution in [-0.4, -0.2) is 65.2 Å². The van der Waals surface area contributed by atoms with Crippen LogP contribution in [0.3, 0.4) is 0 Å². The van der Waals surface area contributed by atoms with Crippen molar-refractivity contribution in [1.29, 1.82) is 0 Å². The van der Waals surface area contributed by atoms with Crippen molar-refractivity contribution in [2.24, 2.45) is 0 Å². The molecule has 2 amide bonds. The number of hydrogen-bond acceptors (Lipinski definition) is 7. The highest BCUT2D eigenvalue weighted by Crippen LogP contribution is 2.25. The van der Waals surface area contributed by atoms with Crippen molar-refractivity contribution in [3.05, 3.63) is 40.7 Å². The Kier molecular flexibility index (Phi) is 7.91. The molecule has 0 saturated carbocycles. The SMILES string of the molecule is COc1cc(CC2CN(Cc3cnc(NC(C)=O)s3)CCN2C(=O)OC(C)(C)C)ccc1F. The van der Waals surface area contributed by atoms with Gasteiger partial charge in [-0.1, -0.05) is 6.07 Å². The molecule has 0 bridgehead atoms. The van der Waals surface area contributed by atoms with Crippen LogP contribution in [0.5, 0.6) is 5.75 Å². The average Bonchev–Trinajstić information content (AvgIpc) is 3.14. The van der Waals surface area contributed by atoms with Crippen LogP contribution in [0, 0.1) is 5.82 Å². The van der Waals surface area contributed by atoms with E-state index in [9.17, 15) is 14.0 Å². The molecule has 0 radical (unpaired) electrons. The van der Waals surface area contributed by atoms with Gasteiger partial charge in [-0.2, -0.15) is 0 Å². The Bertz CT molecular complexity index is 991. The number of ether oxygens (including phenoxy) is 2. The Morgan fingerprint density at radius 3 is 2.73 bits per heavy atom. The van der Waals surface area contributed by atoms with E-state index in [1.54, 1.807) is 23.2 Å². The molecule has 180 valence electrons. The molecule has 1 aromatic heterocycles. The maximum Gasteiger partial charge on any atom is 0.410 e. The Balaban J connectivity index is 1.75. The second-order valence-electron chi connectivity index (χ2n) is 9.05. The number of aromatic nitrogens is 1. The van der Waals surface area contributed by atoms with E-state index in [1.807, 2.05) is 20.8 Å². The van der Waals surface area contributed by atoms with Gasteiger partial charge < -0.3 is 19.7 Å². The van der Waals surface area contributed by atoms with Crippen molar-refractivity contribution >= 4 is 28.5 Å². The minimum Gasteiger partial charge on any atom is -0.494 e. The second-order valence-corrected chi connectivity index (χ2v) is 10.2. The Labute approximate surface area is 197 Å². The van der Waals surface area contributed by atoms with Crippen LogP contribution in [0.1, 0.15) is 38.1 Å². The van der Waals surface area contributed by atoms with Crippen molar-refractivity contribution in [3.63, 3.8) is 0 Å². The first-order chi connectivity index (χ1) is 15.5. The van der Waals surface area contributed by atoms with Crippen molar-refractivity contribution in [3.8, 4) is 5.75 Å². The molecule has 8 nitrogen and oxygen atoms in total. The molecule has 1 saturated heterocycles. The fourth-order valence-corrected chi connectivity index (χ4v) is 4.61. The third-order valence-corrected chi connectivity index (χ3v) is 6.00. The van der Waals surface area contributed by atoms with E-state index in [0.717, 1.165) is 10.4 Å². The smallest absolute Gasteiger partial charge is 0.410 e. The predicted molar refractivity (Wildman–Crippen MR) is 125 cm³/mol. The van der Waals surface area contributed by atoms with Crippen LogP contribution in [0.2, 0.25) is 0 Å². The van der Waals surface area contributed by atoms with Gasteiger partial charge in [0.1, 0.15) is 5.60 Å². The lowest BCUT2D eigenvalue weighted by atomic mass is 10.0. The molecule has 1 fully saturated rings. The zero-order valence-electron chi connectivity index (χ0n) is 19.7. The van der Waals surface area contributed by atoms with Gasteiger partial charge in [0.05, 0.1) is 13.2 Å². The Morgan fingerprint density at radius 2 is 2.06 bits per heavy atom. The van der Waals surface area contributed by atoms with Crippen LogP contribution in [0.4, 0.5) is 14.3 Å². The highest BCUT2D eigenvalue weighted by molar-refractivity contribution is 7.15. The minimum absolute atomic E-state index is 0.156. The zero-order chi connectivity index (χ0) is 24.2. The van der Waals surface area contributed by atoms with Crippen molar-refractivity contribution in [1.82, 2.24) is 14.8 Å². The maximum atomic E-state index is 13.9. The summed E-state index contributed by atoms with van der Waals surface area (Å²) >= 11 is 1.43. The van der Waals surface area contributed by atoms with Gasteiger partial charge in [0, 0.05) is 44.2 Å². The first-order valence-electron chi connectivity index (χ1n) is 10.8. The number of halogens is 1. The van der Waals surface area contributed by atoms with E-state index in [2.05, 4.69) is 15.2 Å².